The largest absolute Gasteiger partial charge is 0.267 e. The lowest BCUT2D eigenvalue weighted by Gasteiger charge is -2.04. The van der Waals surface area contributed by atoms with E-state index < -0.39 is 0 Å². The van der Waals surface area contributed by atoms with Crippen molar-refractivity contribution in [2.45, 2.75) is 20.4 Å². The second-order valence-electron chi connectivity index (χ2n) is 5.83. The van der Waals surface area contributed by atoms with Gasteiger partial charge in [-0.25, -0.2) is 15.0 Å². The van der Waals surface area contributed by atoms with Gasteiger partial charge in [0.2, 0.25) is 0 Å². The van der Waals surface area contributed by atoms with Crippen LogP contribution in [-0.2, 0) is 6.54 Å². The number of nitrogens with zero attached hydrogens (tertiary/aromatic N) is 5. The highest BCUT2D eigenvalue weighted by Gasteiger charge is 2.08. The normalized spacial score (nSPS) is 11.0. The first-order chi connectivity index (χ1) is 12.2. The van der Waals surface area contributed by atoms with Crippen molar-refractivity contribution in [3.05, 3.63) is 70.7 Å². The molecule has 0 N–H and O–H groups in total. The lowest BCUT2D eigenvalue weighted by atomic mass is 10.1. The quantitative estimate of drug-likeness (QED) is 0.557. The fourth-order valence-corrected chi connectivity index (χ4v) is 3.45. The summed E-state index contributed by atoms with van der Waals surface area (Å²) in [6.07, 6.45) is 3.80. The van der Waals surface area contributed by atoms with Gasteiger partial charge >= 0.3 is 0 Å². The molecule has 0 aliphatic rings. The predicted octanol–water partition coefficient (Wildman–Crippen LogP) is 4.13. The number of benzene rings is 1. The molecule has 124 valence electrons. The Morgan fingerprint density at radius 2 is 1.84 bits per heavy atom. The van der Waals surface area contributed by atoms with Crippen LogP contribution in [0.15, 0.2) is 54.3 Å². The van der Waals surface area contributed by atoms with Gasteiger partial charge in [0.25, 0.3) is 0 Å². The molecule has 0 spiro atoms. The summed E-state index contributed by atoms with van der Waals surface area (Å²) in [7, 11) is 0. The minimum Gasteiger partial charge on any atom is -0.267 e. The van der Waals surface area contributed by atoms with Crippen LogP contribution in [0.3, 0.4) is 0 Å². The standard InChI is InChI=1S/C19H17N5S/c1-13-19(25-12-21-13)11-24-9-7-18(23-24)16-5-3-4-15(10-16)17-6-8-20-14(2)22-17/h3-10,12H,11H2,1-2H3. The molecule has 0 atom stereocenters. The molecule has 0 aliphatic carbocycles. The van der Waals surface area contributed by atoms with Gasteiger partial charge in [0.1, 0.15) is 5.82 Å². The summed E-state index contributed by atoms with van der Waals surface area (Å²) in [5, 5.41) is 4.71. The molecule has 1 aromatic carbocycles. The van der Waals surface area contributed by atoms with Gasteiger partial charge in [0.05, 0.1) is 29.1 Å². The maximum atomic E-state index is 4.71. The minimum atomic E-state index is 0.751. The Balaban J connectivity index is 1.62. The van der Waals surface area contributed by atoms with Gasteiger partial charge in [-0.2, -0.15) is 5.10 Å². The highest BCUT2D eigenvalue weighted by molar-refractivity contribution is 7.09. The van der Waals surface area contributed by atoms with Crippen LogP contribution in [0.4, 0.5) is 0 Å². The SMILES string of the molecule is Cc1nccc(-c2cccc(-c3ccn(Cc4scnc4C)n3)c2)n1. The van der Waals surface area contributed by atoms with Crippen molar-refractivity contribution < 1.29 is 0 Å². The Morgan fingerprint density at radius 3 is 2.60 bits per heavy atom. The number of thiazole rings is 1. The van der Waals surface area contributed by atoms with E-state index in [1.165, 1.54) is 4.88 Å². The second-order valence-corrected chi connectivity index (χ2v) is 6.77. The van der Waals surface area contributed by atoms with Gasteiger partial charge in [-0.05, 0) is 32.0 Å². The van der Waals surface area contributed by atoms with Crippen molar-refractivity contribution in [1.29, 1.82) is 0 Å². The van der Waals surface area contributed by atoms with Gasteiger partial charge in [-0.1, -0.05) is 18.2 Å². The summed E-state index contributed by atoms with van der Waals surface area (Å²) in [4.78, 5) is 14.2. The molecule has 0 saturated heterocycles. The minimum absolute atomic E-state index is 0.751. The lowest BCUT2D eigenvalue weighted by molar-refractivity contribution is 0.693. The molecule has 0 saturated carbocycles. The van der Waals surface area contributed by atoms with E-state index in [4.69, 9.17) is 5.10 Å². The average molecular weight is 347 g/mol. The van der Waals surface area contributed by atoms with Gasteiger partial charge in [0, 0.05) is 28.4 Å². The predicted molar refractivity (Wildman–Crippen MR) is 99.4 cm³/mol. The maximum absolute atomic E-state index is 4.71. The van der Waals surface area contributed by atoms with E-state index in [9.17, 15) is 0 Å². The average Bonchev–Trinajstić information content (AvgIpc) is 3.25. The fourth-order valence-electron chi connectivity index (χ4n) is 2.68. The molecule has 5 nitrogen and oxygen atoms in total. The zero-order chi connectivity index (χ0) is 17.2. The summed E-state index contributed by atoms with van der Waals surface area (Å²) >= 11 is 1.66. The monoisotopic (exact) mass is 347 g/mol. The molecule has 0 aliphatic heterocycles. The van der Waals surface area contributed by atoms with Crippen molar-refractivity contribution in [3.8, 4) is 22.5 Å². The molecule has 4 aromatic rings. The number of hydrogen-bond acceptors (Lipinski definition) is 5. The summed E-state index contributed by atoms with van der Waals surface area (Å²) < 4.78 is 1.96. The van der Waals surface area contributed by atoms with Crippen LogP contribution < -0.4 is 0 Å². The summed E-state index contributed by atoms with van der Waals surface area (Å²) in [6.45, 7) is 4.68. The van der Waals surface area contributed by atoms with E-state index in [1.54, 1.807) is 17.5 Å². The third kappa shape index (κ3) is 3.34. The number of hydrogen-bond donors (Lipinski definition) is 0. The summed E-state index contributed by atoms with van der Waals surface area (Å²) in [5.74, 6) is 0.770. The van der Waals surface area contributed by atoms with Gasteiger partial charge in [-0.3, -0.25) is 4.68 Å². The van der Waals surface area contributed by atoms with Crippen LogP contribution in [0, 0.1) is 13.8 Å². The Morgan fingerprint density at radius 1 is 1.00 bits per heavy atom. The van der Waals surface area contributed by atoms with Crippen molar-refractivity contribution in [2.24, 2.45) is 0 Å². The molecule has 0 fully saturated rings. The fraction of sp³-hybridized carbons (Fsp3) is 0.158. The molecule has 0 amide bonds. The summed E-state index contributed by atoms with van der Waals surface area (Å²) in [6, 6.07) is 12.3. The third-order valence-corrected chi connectivity index (χ3v) is 4.94. The first-order valence-electron chi connectivity index (χ1n) is 8.02. The number of aryl methyl sites for hydroxylation is 2. The van der Waals surface area contributed by atoms with Crippen molar-refractivity contribution in [1.82, 2.24) is 24.7 Å². The van der Waals surface area contributed by atoms with E-state index >= 15 is 0 Å². The molecule has 0 unspecified atom stereocenters. The van der Waals surface area contributed by atoms with Crippen molar-refractivity contribution >= 4 is 11.3 Å². The van der Waals surface area contributed by atoms with Crippen molar-refractivity contribution in [2.75, 3.05) is 0 Å². The first kappa shape index (κ1) is 15.7. The van der Waals surface area contributed by atoms with Crippen LogP contribution in [-0.4, -0.2) is 24.7 Å². The van der Waals surface area contributed by atoms with Gasteiger partial charge in [-0.15, -0.1) is 11.3 Å². The van der Waals surface area contributed by atoms with Crippen LogP contribution >= 0.6 is 11.3 Å². The molecule has 4 rings (SSSR count). The molecule has 3 heterocycles. The van der Waals surface area contributed by atoms with E-state index in [0.29, 0.717) is 0 Å². The van der Waals surface area contributed by atoms with Crippen LogP contribution in [0.2, 0.25) is 0 Å². The summed E-state index contributed by atoms with van der Waals surface area (Å²) in [5.41, 5.74) is 6.97. The lowest BCUT2D eigenvalue weighted by Crippen LogP contribution is -2.00. The Kier molecular flexibility index (Phi) is 4.11. The third-order valence-electron chi connectivity index (χ3n) is 4.02. The molecule has 0 bridgehead atoms. The molecule has 3 aromatic heterocycles. The Hall–Kier alpha value is -2.86. The number of rotatable bonds is 4. The zero-order valence-corrected chi connectivity index (χ0v) is 14.9. The molecule has 6 heteroatoms. The van der Waals surface area contributed by atoms with E-state index in [0.717, 1.165) is 40.6 Å². The maximum Gasteiger partial charge on any atom is 0.125 e. The van der Waals surface area contributed by atoms with E-state index in [-0.39, 0.29) is 0 Å². The van der Waals surface area contributed by atoms with Gasteiger partial charge < -0.3 is 0 Å². The highest BCUT2D eigenvalue weighted by Crippen LogP contribution is 2.24. The molecular formula is C19H17N5S. The second kappa shape index (κ2) is 6.57. The van der Waals surface area contributed by atoms with E-state index in [1.807, 2.05) is 48.4 Å². The molecular weight excluding hydrogens is 330 g/mol. The van der Waals surface area contributed by atoms with Crippen LogP contribution in [0.5, 0.6) is 0 Å². The zero-order valence-electron chi connectivity index (χ0n) is 14.0. The Bertz CT molecular complexity index is 1020. The smallest absolute Gasteiger partial charge is 0.125 e. The Labute approximate surface area is 150 Å². The van der Waals surface area contributed by atoms with E-state index in [2.05, 4.69) is 33.2 Å². The van der Waals surface area contributed by atoms with Crippen molar-refractivity contribution in [3.63, 3.8) is 0 Å². The first-order valence-corrected chi connectivity index (χ1v) is 8.90. The van der Waals surface area contributed by atoms with Crippen LogP contribution in [0.1, 0.15) is 16.4 Å². The van der Waals surface area contributed by atoms with Gasteiger partial charge in [0.15, 0.2) is 0 Å². The van der Waals surface area contributed by atoms with Crippen LogP contribution in [0.25, 0.3) is 22.5 Å². The molecule has 0 radical (unpaired) electrons. The molecule has 25 heavy (non-hydrogen) atoms. The highest BCUT2D eigenvalue weighted by atomic mass is 32.1. The topological polar surface area (TPSA) is 56.5 Å². The number of aromatic nitrogens is 5.